The van der Waals surface area contributed by atoms with Gasteiger partial charge in [0.2, 0.25) is 0 Å². The summed E-state index contributed by atoms with van der Waals surface area (Å²) < 4.78 is 27.3. The van der Waals surface area contributed by atoms with E-state index in [1.165, 1.54) is 0 Å². The first-order valence-corrected chi connectivity index (χ1v) is 7.83. The molecule has 2 N–H and O–H groups in total. The van der Waals surface area contributed by atoms with Gasteiger partial charge in [-0.1, -0.05) is 13.8 Å². The molecule has 1 aliphatic carbocycles. The Balaban J connectivity index is 0.00000106. The number of rotatable bonds is 2. The molecule has 0 bridgehead atoms. The van der Waals surface area contributed by atoms with Gasteiger partial charge in [-0.05, 0) is 39.0 Å². The fourth-order valence-corrected chi connectivity index (χ4v) is 2.66. The van der Waals surface area contributed by atoms with Crippen LogP contribution in [0, 0.1) is 5.92 Å². The average Bonchev–Trinajstić information content (AvgIpc) is 2.64. The van der Waals surface area contributed by atoms with Gasteiger partial charge in [-0.2, -0.15) is 0 Å². The van der Waals surface area contributed by atoms with Crippen LogP contribution in [0.15, 0.2) is 23.5 Å². The normalized spacial score (nSPS) is 24.5. The lowest BCUT2D eigenvalue weighted by molar-refractivity contribution is -0.0507. The Labute approximate surface area is 127 Å². The maximum atomic E-state index is 13.7. The first-order chi connectivity index (χ1) is 9.86. The lowest BCUT2D eigenvalue weighted by atomic mass is 10.0. The van der Waals surface area contributed by atoms with Gasteiger partial charge in [0.1, 0.15) is 0 Å². The van der Waals surface area contributed by atoms with Gasteiger partial charge in [-0.15, -0.1) is 0 Å². The molecule has 0 aromatic carbocycles. The quantitative estimate of drug-likeness (QED) is 0.851. The number of halogens is 2. The van der Waals surface area contributed by atoms with Crippen LogP contribution in [0.2, 0.25) is 0 Å². The molecule has 2 rings (SSSR count). The third kappa shape index (κ3) is 5.30. The highest BCUT2D eigenvalue weighted by Gasteiger charge is 2.37. The minimum Gasteiger partial charge on any atom is -0.402 e. The van der Waals surface area contributed by atoms with Crippen LogP contribution in [0.25, 0.3) is 0 Å². The molecule has 1 unspecified atom stereocenters. The van der Waals surface area contributed by atoms with Crippen LogP contribution in [0.3, 0.4) is 0 Å². The van der Waals surface area contributed by atoms with Crippen molar-refractivity contribution in [3.05, 3.63) is 23.5 Å². The zero-order valence-electron chi connectivity index (χ0n) is 13.7. The van der Waals surface area contributed by atoms with Crippen molar-refractivity contribution < 1.29 is 8.78 Å². The van der Waals surface area contributed by atoms with Crippen LogP contribution < -0.4 is 5.73 Å². The molecule has 1 atom stereocenters. The summed E-state index contributed by atoms with van der Waals surface area (Å²) in [6.45, 7) is 7.53. The second kappa shape index (κ2) is 7.78. The molecule has 1 heterocycles. The van der Waals surface area contributed by atoms with Gasteiger partial charge in [0, 0.05) is 37.6 Å². The summed E-state index contributed by atoms with van der Waals surface area (Å²) in [6.07, 6.45) is 5.56. The van der Waals surface area contributed by atoms with Gasteiger partial charge in [0.25, 0.3) is 5.92 Å². The first kappa shape index (κ1) is 18.0. The maximum Gasteiger partial charge on any atom is 0.251 e. The SMILES string of the molecule is CC.CN1CCN(C2=CC=C(N)CC2)CC(C(C)(F)F)C1. The van der Waals surface area contributed by atoms with Gasteiger partial charge in [-0.25, -0.2) is 8.78 Å². The number of likely N-dealkylation sites (N-methyl/N-ethyl adjacent to an activating group) is 1. The molecule has 3 nitrogen and oxygen atoms in total. The number of alkyl halides is 2. The summed E-state index contributed by atoms with van der Waals surface area (Å²) in [6, 6.07) is 0. The van der Waals surface area contributed by atoms with Crippen LogP contribution in [0.4, 0.5) is 8.78 Å². The molecule has 1 aliphatic heterocycles. The van der Waals surface area contributed by atoms with Crippen molar-refractivity contribution in [3.8, 4) is 0 Å². The Morgan fingerprint density at radius 1 is 1.14 bits per heavy atom. The molecule has 1 fully saturated rings. The van der Waals surface area contributed by atoms with Crippen molar-refractivity contribution in [1.82, 2.24) is 9.80 Å². The van der Waals surface area contributed by atoms with E-state index in [-0.39, 0.29) is 0 Å². The van der Waals surface area contributed by atoms with Crippen LogP contribution >= 0.6 is 0 Å². The molecule has 21 heavy (non-hydrogen) atoms. The zero-order valence-corrected chi connectivity index (χ0v) is 13.7. The Bertz CT molecular complexity index is 385. The molecule has 0 radical (unpaired) electrons. The number of nitrogens with two attached hydrogens (primary N) is 1. The zero-order chi connectivity index (χ0) is 16.0. The van der Waals surface area contributed by atoms with Crippen molar-refractivity contribution in [2.24, 2.45) is 11.7 Å². The molecule has 5 heteroatoms. The highest BCUT2D eigenvalue weighted by Crippen LogP contribution is 2.29. The number of hydrogen-bond acceptors (Lipinski definition) is 3. The molecule has 0 amide bonds. The summed E-state index contributed by atoms with van der Waals surface area (Å²) in [5.74, 6) is -3.26. The van der Waals surface area contributed by atoms with Gasteiger partial charge in [0.15, 0.2) is 0 Å². The average molecular weight is 301 g/mol. The smallest absolute Gasteiger partial charge is 0.251 e. The van der Waals surface area contributed by atoms with Crippen molar-refractivity contribution >= 4 is 0 Å². The number of nitrogens with zero attached hydrogens (tertiary/aromatic N) is 2. The Hall–Kier alpha value is -1.10. The molecular formula is C16H29F2N3. The van der Waals surface area contributed by atoms with E-state index in [9.17, 15) is 8.78 Å². The van der Waals surface area contributed by atoms with Gasteiger partial charge < -0.3 is 15.5 Å². The molecule has 0 aromatic rings. The van der Waals surface area contributed by atoms with Gasteiger partial charge in [0.05, 0.1) is 5.92 Å². The molecular weight excluding hydrogens is 272 g/mol. The monoisotopic (exact) mass is 301 g/mol. The van der Waals surface area contributed by atoms with Crippen molar-refractivity contribution in [2.45, 2.75) is 39.5 Å². The predicted molar refractivity (Wildman–Crippen MR) is 84.1 cm³/mol. The minimum atomic E-state index is -2.64. The van der Waals surface area contributed by atoms with Crippen molar-refractivity contribution in [2.75, 3.05) is 33.2 Å². The minimum absolute atomic E-state index is 0.424. The lowest BCUT2D eigenvalue weighted by Crippen LogP contribution is -2.39. The van der Waals surface area contributed by atoms with E-state index < -0.39 is 11.8 Å². The number of allylic oxidation sites excluding steroid dienone is 4. The summed E-state index contributed by atoms with van der Waals surface area (Å²) >= 11 is 0. The van der Waals surface area contributed by atoms with Gasteiger partial charge in [-0.3, -0.25) is 0 Å². The third-order valence-corrected chi connectivity index (χ3v) is 4.01. The second-order valence-electron chi connectivity index (χ2n) is 5.76. The van der Waals surface area contributed by atoms with E-state index in [0.717, 1.165) is 44.2 Å². The van der Waals surface area contributed by atoms with Crippen molar-refractivity contribution in [1.29, 1.82) is 0 Å². The fourth-order valence-electron chi connectivity index (χ4n) is 2.66. The molecule has 122 valence electrons. The number of hydrogen-bond donors (Lipinski definition) is 1. The molecule has 0 aromatic heterocycles. The Kier molecular flexibility index (Phi) is 6.65. The largest absolute Gasteiger partial charge is 0.402 e. The van der Waals surface area contributed by atoms with Gasteiger partial charge >= 0.3 is 0 Å². The van der Waals surface area contributed by atoms with Crippen LogP contribution in [-0.4, -0.2) is 48.9 Å². The molecule has 0 spiro atoms. The fraction of sp³-hybridized carbons (Fsp3) is 0.750. The lowest BCUT2D eigenvalue weighted by Gasteiger charge is -2.31. The van der Waals surface area contributed by atoms with Crippen LogP contribution in [0.1, 0.15) is 33.6 Å². The predicted octanol–water partition coefficient (Wildman–Crippen LogP) is 3.05. The highest BCUT2D eigenvalue weighted by molar-refractivity contribution is 5.22. The second-order valence-corrected chi connectivity index (χ2v) is 5.76. The van der Waals surface area contributed by atoms with E-state index in [2.05, 4.69) is 4.90 Å². The molecule has 1 saturated heterocycles. The van der Waals surface area contributed by atoms with Crippen LogP contribution in [-0.2, 0) is 0 Å². The summed E-state index contributed by atoms with van der Waals surface area (Å²) in [5, 5.41) is 0. The summed E-state index contributed by atoms with van der Waals surface area (Å²) in [4.78, 5) is 4.10. The maximum absolute atomic E-state index is 13.7. The summed E-state index contributed by atoms with van der Waals surface area (Å²) in [7, 11) is 1.91. The van der Waals surface area contributed by atoms with Crippen molar-refractivity contribution in [3.63, 3.8) is 0 Å². The third-order valence-electron chi connectivity index (χ3n) is 4.01. The topological polar surface area (TPSA) is 32.5 Å². The first-order valence-electron chi connectivity index (χ1n) is 7.83. The van der Waals surface area contributed by atoms with E-state index in [4.69, 9.17) is 5.73 Å². The standard InChI is InChI=1S/C14H23F2N3.C2H6/c1-14(15,16)11-9-18(2)7-8-19(10-11)13-5-3-12(17)4-6-13;1-2/h3,5,11H,4,6-10,17H2,1-2H3;1-2H3. The molecule has 2 aliphatic rings. The summed E-state index contributed by atoms with van der Waals surface area (Å²) in [5.41, 5.74) is 7.75. The van der Waals surface area contributed by atoms with Crippen LogP contribution in [0.5, 0.6) is 0 Å². The van der Waals surface area contributed by atoms with E-state index >= 15 is 0 Å². The van der Waals surface area contributed by atoms with E-state index in [1.54, 1.807) is 0 Å². The Morgan fingerprint density at radius 3 is 2.33 bits per heavy atom. The van der Waals surface area contributed by atoms with E-state index in [1.807, 2.05) is 37.9 Å². The molecule has 0 saturated carbocycles. The highest BCUT2D eigenvalue weighted by atomic mass is 19.3. The Morgan fingerprint density at radius 2 is 1.81 bits per heavy atom. The van der Waals surface area contributed by atoms with E-state index in [0.29, 0.717) is 13.1 Å².